The highest BCUT2D eigenvalue weighted by atomic mass is 16.2. The average Bonchev–Trinajstić information content (AvgIpc) is 2.64. The Morgan fingerprint density at radius 3 is 2.64 bits per heavy atom. The Balaban J connectivity index is 2.45. The molecule has 0 spiro atoms. The molecule has 1 rings (SSSR count). The van der Waals surface area contributed by atoms with Crippen LogP contribution in [0.25, 0.3) is 0 Å². The highest BCUT2D eigenvalue weighted by Gasteiger charge is 2.29. The van der Waals surface area contributed by atoms with Crippen LogP contribution in [0, 0.1) is 11.8 Å². The number of nitrogens with zero attached hydrogens (tertiary/aromatic N) is 1. The first kappa shape index (κ1) is 11.5. The molecule has 1 saturated heterocycles. The van der Waals surface area contributed by atoms with E-state index in [4.69, 9.17) is 5.73 Å². The maximum Gasteiger partial charge on any atom is 0.239 e. The molecule has 0 aromatic carbocycles. The quantitative estimate of drug-likeness (QED) is 0.741. The summed E-state index contributed by atoms with van der Waals surface area (Å²) in [5, 5.41) is 0. The van der Waals surface area contributed by atoms with Crippen LogP contribution in [0.5, 0.6) is 0 Å². The zero-order valence-electron chi connectivity index (χ0n) is 9.49. The third-order valence-electron chi connectivity index (χ3n) is 3.24. The van der Waals surface area contributed by atoms with Crippen LogP contribution in [0.15, 0.2) is 0 Å². The lowest BCUT2D eigenvalue weighted by atomic mass is 9.95. The summed E-state index contributed by atoms with van der Waals surface area (Å²) in [4.78, 5) is 13.7. The second-order valence-corrected chi connectivity index (χ2v) is 4.59. The van der Waals surface area contributed by atoms with Crippen molar-refractivity contribution in [2.75, 3.05) is 13.1 Å². The average molecular weight is 198 g/mol. The molecular weight excluding hydrogens is 176 g/mol. The predicted molar refractivity (Wildman–Crippen MR) is 57.8 cm³/mol. The van der Waals surface area contributed by atoms with Gasteiger partial charge in [-0.2, -0.15) is 0 Å². The fraction of sp³-hybridized carbons (Fsp3) is 0.909. The monoisotopic (exact) mass is 198 g/mol. The number of hydrogen-bond donors (Lipinski definition) is 1. The Morgan fingerprint density at radius 2 is 2.21 bits per heavy atom. The van der Waals surface area contributed by atoms with Crippen LogP contribution >= 0.6 is 0 Å². The van der Waals surface area contributed by atoms with E-state index in [1.54, 1.807) is 0 Å². The second-order valence-electron chi connectivity index (χ2n) is 4.59. The summed E-state index contributed by atoms with van der Waals surface area (Å²) < 4.78 is 0. The Labute approximate surface area is 86.6 Å². The van der Waals surface area contributed by atoms with E-state index >= 15 is 0 Å². The van der Waals surface area contributed by atoms with E-state index < -0.39 is 0 Å². The van der Waals surface area contributed by atoms with Crippen LogP contribution in [0.2, 0.25) is 0 Å². The third-order valence-corrected chi connectivity index (χ3v) is 3.24. The van der Waals surface area contributed by atoms with Crippen LogP contribution in [0.3, 0.4) is 0 Å². The molecular formula is C11H22N2O. The summed E-state index contributed by atoms with van der Waals surface area (Å²) in [6, 6.07) is -0.291. The summed E-state index contributed by atoms with van der Waals surface area (Å²) >= 11 is 0. The third kappa shape index (κ3) is 2.47. The SMILES string of the molecule is CCC(N)C(=O)N1CCC(C(C)C)C1. The predicted octanol–water partition coefficient (Wildman–Crippen LogP) is 1.23. The zero-order valence-corrected chi connectivity index (χ0v) is 9.49. The van der Waals surface area contributed by atoms with Gasteiger partial charge in [-0.1, -0.05) is 20.8 Å². The molecule has 1 heterocycles. The fourth-order valence-electron chi connectivity index (χ4n) is 1.94. The van der Waals surface area contributed by atoms with Gasteiger partial charge in [0.15, 0.2) is 0 Å². The van der Waals surface area contributed by atoms with E-state index in [0.29, 0.717) is 11.8 Å². The molecule has 0 bridgehead atoms. The molecule has 3 heteroatoms. The van der Waals surface area contributed by atoms with E-state index in [0.717, 1.165) is 25.9 Å². The van der Waals surface area contributed by atoms with Crippen molar-refractivity contribution in [2.45, 2.75) is 39.7 Å². The van der Waals surface area contributed by atoms with Crippen molar-refractivity contribution in [1.29, 1.82) is 0 Å². The first-order valence-electron chi connectivity index (χ1n) is 5.60. The van der Waals surface area contributed by atoms with Gasteiger partial charge in [0, 0.05) is 13.1 Å². The number of carbonyl (C=O) groups excluding carboxylic acids is 1. The lowest BCUT2D eigenvalue weighted by Gasteiger charge is -2.21. The van der Waals surface area contributed by atoms with E-state index in [-0.39, 0.29) is 11.9 Å². The summed E-state index contributed by atoms with van der Waals surface area (Å²) in [7, 11) is 0. The van der Waals surface area contributed by atoms with Gasteiger partial charge in [0.05, 0.1) is 6.04 Å². The van der Waals surface area contributed by atoms with Crippen LogP contribution in [0.1, 0.15) is 33.6 Å². The Hall–Kier alpha value is -0.570. The second kappa shape index (κ2) is 4.78. The molecule has 0 aromatic heterocycles. The van der Waals surface area contributed by atoms with E-state index in [9.17, 15) is 4.79 Å². The van der Waals surface area contributed by atoms with Gasteiger partial charge in [-0.05, 0) is 24.7 Å². The van der Waals surface area contributed by atoms with Crippen LogP contribution in [-0.2, 0) is 4.79 Å². The standard InChI is InChI=1S/C11H22N2O/c1-4-10(12)11(14)13-6-5-9(7-13)8(2)3/h8-10H,4-7,12H2,1-3H3. The molecule has 2 unspecified atom stereocenters. The van der Waals surface area contributed by atoms with Crippen molar-refractivity contribution < 1.29 is 4.79 Å². The Bertz CT molecular complexity index is 203. The zero-order chi connectivity index (χ0) is 10.7. The molecule has 0 aromatic rings. The van der Waals surface area contributed by atoms with Crippen molar-refractivity contribution in [1.82, 2.24) is 4.90 Å². The minimum absolute atomic E-state index is 0.135. The van der Waals surface area contributed by atoms with Crippen LogP contribution in [-0.4, -0.2) is 29.9 Å². The van der Waals surface area contributed by atoms with Crippen molar-refractivity contribution >= 4 is 5.91 Å². The molecule has 1 fully saturated rings. The molecule has 3 nitrogen and oxygen atoms in total. The number of amides is 1. The summed E-state index contributed by atoms with van der Waals surface area (Å²) in [6.07, 6.45) is 1.88. The lowest BCUT2D eigenvalue weighted by Crippen LogP contribution is -2.42. The van der Waals surface area contributed by atoms with Crippen LogP contribution < -0.4 is 5.73 Å². The summed E-state index contributed by atoms with van der Waals surface area (Å²) in [5.41, 5.74) is 5.73. The number of rotatable bonds is 3. The molecule has 1 aliphatic rings. The maximum atomic E-state index is 11.7. The first-order valence-corrected chi connectivity index (χ1v) is 5.60. The van der Waals surface area contributed by atoms with Gasteiger partial charge >= 0.3 is 0 Å². The number of nitrogens with two attached hydrogens (primary N) is 1. The molecule has 2 atom stereocenters. The molecule has 1 amide bonds. The number of likely N-dealkylation sites (tertiary alicyclic amines) is 1. The molecule has 14 heavy (non-hydrogen) atoms. The van der Waals surface area contributed by atoms with Crippen LogP contribution in [0.4, 0.5) is 0 Å². The molecule has 1 aliphatic heterocycles. The molecule has 82 valence electrons. The van der Waals surface area contributed by atoms with Gasteiger partial charge in [0.25, 0.3) is 0 Å². The van der Waals surface area contributed by atoms with Crippen molar-refractivity contribution in [3.63, 3.8) is 0 Å². The van der Waals surface area contributed by atoms with Gasteiger partial charge in [0.2, 0.25) is 5.91 Å². The molecule has 0 aliphatic carbocycles. The molecule has 0 radical (unpaired) electrons. The Kier molecular flexibility index (Phi) is 3.93. The van der Waals surface area contributed by atoms with E-state index in [1.807, 2.05) is 11.8 Å². The largest absolute Gasteiger partial charge is 0.341 e. The van der Waals surface area contributed by atoms with E-state index in [1.165, 1.54) is 0 Å². The normalized spacial score (nSPS) is 24.4. The van der Waals surface area contributed by atoms with Gasteiger partial charge in [-0.25, -0.2) is 0 Å². The summed E-state index contributed by atoms with van der Waals surface area (Å²) in [5.74, 6) is 1.48. The minimum Gasteiger partial charge on any atom is -0.341 e. The summed E-state index contributed by atoms with van der Waals surface area (Å²) in [6.45, 7) is 8.20. The maximum absolute atomic E-state index is 11.7. The topological polar surface area (TPSA) is 46.3 Å². The lowest BCUT2D eigenvalue weighted by molar-refractivity contribution is -0.131. The molecule has 0 saturated carbocycles. The smallest absolute Gasteiger partial charge is 0.239 e. The highest BCUT2D eigenvalue weighted by molar-refractivity contribution is 5.81. The van der Waals surface area contributed by atoms with Gasteiger partial charge < -0.3 is 10.6 Å². The van der Waals surface area contributed by atoms with Gasteiger partial charge in [-0.15, -0.1) is 0 Å². The first-order chi connectivity index (χ1) is 6.56. The van der Waals surface area contributed by atoms with Crippen molar-refractivity contribution in [3.05, 3.63) is 0 Å². The molecule has 2 N–H and O–H groups in total. The number of hydrogen-bond acceptors (Lipinski definition) is 2. The van der Waals surface area contributed by atoms with Crippen molar-refractivity contribution in [3.8, 4) is 0 Å². The van der Waals surface area contributed by atoms with E-state index in [2.05, 4.69) is 13.8 Å². The minimum atomic E-state index is -0.291. The van der Waals surface area contributed by atoms with Gasteiger partial charge in [0.1, 0.15) is 0 Å². The Morgan fingerprint density at radius 1 is 1.57 bits per heavy atom. The van der Waals surface area contributed by atoms with Crippen molar-refractivity contribution in [2.24, 2.45) is 17.6 Å². The highest BCUT2D eigenvalue weighted by Crippen LogP contribution is 2.23. The number of carbonyl (C=O) groups is 1. The van der Waals surface area contributed by atoms with Gasteiger partial charge in [-0.3, -0.25) is 4.79 Å². The fourth-order valence-corrected chi connectivity index (χ4v) is 1.94.